The van der Waals surface area contributed by atoms with Crippen molar-refractivity contribution in [2.45, 2.75) is 37.7 Å². The van der Waals surface area contributed by atoms with Gasteiger partial charge in [-0.2, -0.15) is 8.78 Å². The highest BCUT2D eigenvalue weighted by molar-refractivity contribution is 5.80. The van der Waals surface area contributed by atoms with Crippen LogP contribution in [0.2, 0.25) is 0 Å². The summed E-state index contributed by atoms with van der Waals surface area (Å²) in [5.74, 6) is -5.62. The molecule has 0 bridgehead atoms. The molecule has 1 aliphatic carbocycles. The number of aliphatic hydroxyl groups is 1. The van der Waals surface area contributed by atoms with Crippen LogP contribution in [0.25, 0.3) is 0 Å². The van der Waals surface area contributed by atoms with Gasteiger partial charge in [-0.05, 0) is 37.3 Å². The molecule has 0 aliphatic heterocycles. The van der Waals surface area contributed by atoms with Crippen molar-refractivity contribution in [2.75, 3.05) is 6.61 Å². The number of alkyl halides is 2. The van der Waals surface area contributed by atoms with Crippen LogP contribution in [0.15, 0.2) is 24.3 Å². The minimum atomic E-state index is -3.94. The molecule has 1 aromatic carbocycles. The van der Waals surface area contributed by atoms with Gasteiger partial charge in [-0.25, -0.2) is 4.79 Å². The van der Waals surface area contributed by atoms with Crippen LogP contribution >= 0.6 is 0 Å². The van der Waals surface area contributed by atoms with Crippen molar-refractivity contribution in [3.63, 3.8) is 0 Å². The smallest absolute Gasteiger partial charge is 0.380 e. The second-order valence-electron chi connectivity index (χ2n) is 4.67. The van der Waals surface area contributed by atoms with Gasteiger partial charge in [-0.3, -0.25) is 0 Å². The third kappa shape index (κ3) is 2.12. The first-order valence-corrected chi connectivity index (χ1v) is 6.29. The lowest BCUT2D eigenvalue weighted by Crippen LogP contribution is -2.53. The number of carbonyl (C=O) groups excluding carboxylic acids is 1. The number of fused-ring (bicyclic) bond motifs is 1. The zero-order chi connectivity index (χ0) is 14.1. The molecule has 0 amide bonds. The number of benzene rings is 1. The van der Waals surface area contributed by atoms with E-state index < -0.39 is 17.5 Å². The maximum Gasteiger partial charge on any atom is 0.380 e. The van der Waals surface area contributed by atoms with Gasteiger partial charge >= 0.3 is 11.9 Å². The van der Waals surface area contributed by atoms with E-state index in [1.54, 1.807) is 18.2 Å². The average molecular weight is 270 g/mol. The molecule has 1 aromatic rings. The molecule has 0 fully saturated rings. The van der Waals surface area contributed by atoms with Gasteiger partial charge in [-0.15, -0.1) is 0 Å². The number of hydrogen-bond acceptors (Lipinski definition) is 3. The molecular formula is C14H16F2O3. The molecule has 5 heteroatoms. The topological polar surface area (TPSA) is 46.5 Å². The van der Waals surface area contributed by atoms with Crippen LogP contribution in [-0.2, 0) is 21.6 Å². The fraction of sp³-hybridized carbons (Fsp3) is 0.500. The maximum atomic E-state index is 14.2. The summed E-state index contributed by atoms with van der Waals surface area (Å²) in [6.07, 6.45) is 0.871. The van der Waals surface area contributed by atoms with Crippen molar-refractivity contribution < 1.29 is 23.4 Å². The number of hydrogen-bond donors (Lipinski definition) is 1. The molecule has 3 nitrogen and oxygen atoms in total. The summed E-state index contributed by atoms with van der Waals surface area (Å²) in [5, 5.41) is 10.4. The second kappa shape index (κ2) is 4.89. The average Bonchev–Trinajstić information content (AvgIpc) is 2.39. The first-order chi connectivity index (χ1) is 8.93. The largest absolute Gasteiger partial charge is 0.461 e. The monoisotopic (exact) mass is 270 g/mol. The van der Waals surface area contributed by atoms with Crippen molar-refractivity contribution >= 4 is 5.97 Å². The van der Waals surface area contributed by atoms with Crippen LogP contribution in [0.3, 0.4) is 0 Å². The molecule has 0 saturated heterocycles. The Kier molecular flexibility index (Phi) is 3.58. The van der Waals surface area contributed by atoms with E-state index in [1.807, 2.05) is 0 Å². The third-order valence-corrected chi connectivity index (χ3v) is 3.50. The highest BCUT2D eigenvalue weighted by Gasteiger charge is 2.61. The Balaban J connectivity index is 2.46. The van der Waals surface area contributed by atoms with Gasteiger partial charge in [0.05, 0.1) is 6.61 Å². The van der Waals surface area contributed by atoms with Crippen LogP contribution < -0.4 is 0 Å². The van der Waals surface area contributed by atoms with Gasteiger partial charge in [0.2, 0.25) is 0 Å². The zero-order valence-electron chi connectivity index (χ0n) is 10.7. The van der Waals surface area contributed by atoms with Crippen molar-refractivity contribution in [2.24, 2.45) is 0 Å². The van der Waals surface area contributed by atoms with Gasteiger partial charge in [0.15, 0.2) is 5.60 Å². The molecular weight excluding hydrogens is 254 g/mol. The van der Waals surface area contributed by atoms with Crippen molar-refractivity contribution in [3.05, 3.63) is 35.4 Å². The van der Waals surface area contributed by atoms with Crippen molar-refractivity contribution in [1.29, 1.82) is 0 Å². The molecule has 1 atom stereocenters. The molecule has 1 aliphatic rings. The number of rotatable bonds is 3. The molecule has 1 N–H and O–H groups in total. The summed E-state index contributed by atoms with van der Waals surface area (Å²) in [6.45, 7) is 1.30. The zero-order valence-corrected chi connectivity index (χ0v) is 10.7. The van der Waals surface area contributed by atoms with E-state index in [9.17, 15) is 18.7 Å². The van der Waals surface area contributed by atoms with Crippen molar-refractivity contribution in [3.8, 4) is 0 Å². The third-order valence-electron chi connectivity index (χ3n) is 3.50. The summed E-state index contributed by atoms with van der Waals surface area (Å²) >= 11 is 0. The molecule has 1 unspecified atom stereocenters. The van der Waals surface area contributed by atoms with E-state index in [0.717, 1.165) is 0 Å². The van der Waals surface area contributed by atoms with E-state index in [-0.39, 0.29) is 18.6 Å². The molecule has 0 spiro atoms. The summed E-state index contributed by atoms with van der Waals surface area (Å²) < 4.78 is 32.8. The number of ether oxygens (including phenoxy) is 1. The normalized spacial score (nSPS) is 22.7. The summed E-state index contributed by atoms with van der Waals surface area (Å²) in [4.78, 5) is 11.4. The van der Waals surface area contributed by atoms with Crippen molar-refractivity contribution in [1.82, 2.24) is 0 Å². The maximum absolute atomic E-state index is 14.2. The number of halogens is 2. The predicted octanol–water partition coefficient (Wildman–Crippen LogP) is 2.41. The standard InChI is InChI=1S/C14H16F2O3/c1-2-19-12(17)14(15,16)13(18)9-5-7-10-6-3-4-8-11(10)13/h3-4,6,8,18H,2,5,7,9H2,1H3. The Morgan fingerprint density at radius 3 is 2.84 bits per heavy atom. The highest BCUT2D eigenvalue weighted by atomic mass is 19.3. The molecule has 0 aromatic heterocycles. The highest BCUT2D eigenvalue weighted by Crippen LogP contribution is 2.46. The van der Waals surface area contributed by atoms with E-state index in [0.29, 0.717) is 18.4 Å². The number of aryl methyl sites for hydroxylation is 1. The summed E-state index contributed by atoms with van der Waals surface area (Å²) in [7, 11) is 0. The lowest BCUT2D eigenvalue weighted by molar-refractivity contribution is -0.220. The quantitative estimate of drug-likeness (QED) is 0.858. The number of esters is 1. The fourth-order valence-electron chi connectivity index (χ4n) is 2.53. The Bertz CT molecular complexity index is 487. The SMILES string of the molecule is CCOC(=O)C(F)(F)C1(O)CCCc2ccccc21. The predicted molar refractivity (Wildman–Crippen MR) is 64.9 cm³/mol. The lowest BCUT2D eigenvalue weighted by Gasteiger charge is -2.38. The van der Waals surface area contributed by atoms with Crippen LogP contribution in [0.5, 0.6) is 0 Å². The first kappa shape index (κ1) is 13.9. The molecule has 19 heavy (non-hydrogen) atoms. The Labute approximate surface area is 110 Å². The fourth-order valence-corrected chi connectivity index (χ4v) is 2.53. The van der Waals surface area contributed by atoms with Crippen LogP contribution in [0.1, 0.15) is 30.9 Å². The van der Waals surface area contributed by atoms with Crippen LogP contribution in [0.4, 0.5) is 8.78 Å². The van der Waals surface area contributed by atoms with E-state index in [2.05, 4.69) is 4.74 Å². The minimum Gasteiger partial charge on any atom is -0.461 e. The van der Waals surface area contributed by atoms with Gasteiger partial charge < -0.3 is 9.84 Å². The Hall–Kier alpha value is -1.49. The van der Waals surface area contributed by atoms with Crippen LogP contribution in [0, 0.1) is 0 Å². The minimum absolute atomic E-state index is 0.124. The molecule has 104 valence electrons. The second-order valence-corrected chi connectivity index (χ2v) is 4.67. The van der Waals surface area contributed by atoms with Gasteiger partial charge in [0.25, 0.3) is 0 Å². The first-order valence-electron chi connectivity index (χ1n) is 6.29. The van der Waals surface area contributed by atoms with E-state index in [1.165, 1.54) is 13.0 Å². The van der Waals surface area contributed by atoms with Gasteiger partial charge in [0, 0.05) is 0 Å². The summed E-state index contributed by atoms with van der Waals surface area (Å²) in [6, 6.07) is 6.45. The van der Waals surface area contributed by atoms with E-state index >= 15 is 0 Å². The molecule has 0 heterocycles. The van der Waals surface area contributed by atoms with Gasteiger partial charge in [0.1, 0.15) is 0 Å². The van der Waals surface area contributed by atoms with Crippen LogP contribution in [-0.4, -0.2) is 23.6 Å². The van der Waals surface area contributed by atoms with E-state index in [4.69, 9.17) is 0 Å². The summed E-state index contributed by atoms with van der Waals surface area (Å²) in [5.41, 5.74) is -1.70. The lowest BCUT2D eigenvalue weighted by atomic mass is 9.75. The molecule has 2 rings (SSSR count). The molecule has 0 saturated carbocycles. The molecule has 0 radical (unpaired) electrons. The Morgan fingerprint density at radius 2 is 2.16 bits per heavy atom. The Morgan fingerprint density at radius 1 is 1.47 bits per heavy atom. The van der Waals surface area contributed by atoms with Gasteiger partial charge in [-0.1, -0.05) is 24.3 Å². The number of carbonyl (C=O) groups is 1.